The van der Waals surface area contributed by atoms with Crippen LogP contribution in [0, 0.1) is 0 Å². The van der Waals surface area contributed by atoms with Crippen molar-refractivity contribution >= 4 is 17.5 Å². The molecule has 5 nitrogen and oxygen atoms in total. The Bertz CT molecular complexity index is 711. The first-order valence-electron chi connectivity index (χ1n) is 7.69. The SMILES string of the molecule is COCc1ccc(C(=O)Nc2cccc(CN(C)C(C)=O)c2)cc1. The molecule has 0 unspecified atom stereocenters. The van der Waals surface area contributed by atoms with Crippen LogP contribution >= 0.6 is 0 Å². The summed E-state index contributed by atoms with van der Waals surface area (Å²) in [5, 5.41) is 2.88. The lowest BCUT2D eigenvalue weighted by Gasteiger charge is -2.15. The fourth-order valence-corrected chi connectivity index (χ4v) is 2.25. The van der Waals surface area contributed by atoms with Crippen molar-refractivity contribution in [3.8, 4) is 0 Å². The second-order valence-electron chi connectivity index (χ2n) is 5.66. The average Bonchev–Trinajstić information content (AvgIpc) is 2.56. The van der Waals surface area contributed by atoms with Crippen molar-refractivity contribution in [2.45, 2.75) is 20.1 Å². The summed E-state index contributed by atoms with van der Waals surface area (Å²) in [5.74, 6) is -0.170. The molecule has 0 aliphatic rings. The zero-order valence-electron chi connectivity index (χ0n) is 14.2. The number of amides is 2. The number of ether oxygens (including phenoxy) is 1. The van der Waals surface area contributed by atoms with Gasteiger partial charge in [-0.05, 0) is 35.4 Å². The van der Waals surface area contributed by atoms with Crippen molar-refractivity contribution in [1.29, 1.82) is 0 Å². The highest BCUT2D eigenvalue weighted by molar-refractivity contribution is 6.04. The summed E-state index contributed by atoms with van der Waals surface area (Å²) in [4.78, 5) is 25.3. The summed E-state index contributed by atoms with van der Waals surface area (Å²) in [6.45, 7) is 2.55. The molecule has 0 aromatic heterocycles. The van der Waals surface area contributed by atoms with E-state index in [1.165, 1.54) is 6.92 Å². The van der Waals surface area contributed by atoms with Crippen LogP contribution in [-0.2, 0) is 22.7 Å². The first kappa shape index (κ1) is 17.7. The standard InChI is InChI=1S/C19H22N2O3/c1-14(22)21(2)12-16-5-4-6-18(11-16)20-19(23)17-9-7-15(8-10-17)13-24-3/h4-11H,12-13H2,1-3H3,(H,20,23). The van der Waals surface area contributed by atoms with E-state index in [9.17, 15) is 9.59 Å². The Hall–Kier alpha value is -2.66. The number of methoxy groups -OCH3 is 1. The molecular formula is C19H22N2O3. The van der Waals surface area contributed by atoms with E-state index in [0.29, 0.717) is 24.4 Å². The third kappa shape index (κ3) is 4.93. The van der Waals surface area contributed by atoms with Gasteiger partial charge in [-0.3, -0.25) is 9.59 Å². The molecule has 126 valence electrons. The molecule has 0 atom stereocenters. The Morgan fingerprint density at radius 2 is 1.79 bits per heavy atom. The van der Waals surface area contributed by atoms with Gasteiger partial charge >= 0.3 is 0 Å². The highest BCUT2D eigenvalue weighted by Gasteiger charge is 2.08. The predicted molar refractivity (Wildman–Crippen MR) is 93.7 cm³/mol. The molecule has 0 spiro atoms. The maximum atomic E-state index is 12.3. The molecule has 5 heteroatoms. The minimum Gasteiger partial charge on any atom is -0.380 e. The van der Waals surface area contributed by atoms with E-state index in [2.05, 4.69) is 5.32 Å². The Morgan fingerprint density at radius 3 is 2.42 bits per heavy atom. The number of carbonyl (C=O) groups is 2. The number of rotatable bonds is 6. The second-order valence-corrected chi connectivity index (χ2v) is 5.66. The van der Waals surface area contributed by atoms with Gasteiger partial charge in [-0.25, -0.2) is 0 Å². The van der Waals surface area contributed by atoms with Crippen LogP contribution < -0.4 is 5.32 Å². The van der Waals surface area contributed by atoms with Crippen LogP contribution in [0.1, 0.15) is 28.4 Å². The molecule has 0 radical (unpaired) electrons. The molecule has 0 heterocycles. The lowest BCUT2D eigenvalue weighted by molar-refractivity contribution is -0.128. The maximum Gasteiger partial charge on any atom is 0.255 e. The molecule has 0 aliphatic heterocycles. The van der Waals surface area contributed by atoms with Gasteiger partial charge in [-0.2, -0.15) is 0 Å². The van der Waals surface area contributed by atoms with Crippen molar-refractivity contribution < 1.29 is 14.3 Å². The molecule has 24 heavy (non-hydrogen) atoms. The monoisotopic (exact) mass is 326 g/mol. The molecule has 0 bridgehead atoms. The van der Waals surface area contributed by atoms with Crippen LogP contribution in [0.2, 0.25) is 0 Å². The van der Waals surface area contributed by atoms with Gasteiger partial charge in [0.05, 0.1) is 6.61 Å². The highest BCUT2D eigenvalue weighted by Crippen LogP contribution is 2.14. The Balaban J connectivity index is 2.04. The molecular weight excluding hydrogens is 304 g/mol. The van der Waals surface area contributed by atoms with Gasteiger partial charge in [-0.15, -0.1) is 0 Å². The number of anilines is 1. The van der Waals surface area contributed by atoms with Crippen LogP contribution in [0.4, 0.5) is 5.69 Å². The third-order valence-electron chi connectivity index (χ3n) is 3.67. The van der Waals surface area contributed by atoms with Crippen LogP contribution in [0.25, 0.3) is 0 Å². The lowest BCUT2D eigenvalue weighted by Crippen LogP contribution is -2.23. The predicted octanol–water partition coefficient (Wildman–Crippen LogP) is 3.06. The van der Waals surface area contributed by atoms with E-state index >= 15 is 0 Å². The molecule has 2 rings (SSSR count). The van der Waals surface area contributed by atoms with Crippen LogP contribution in [-0.4, -0.2) is 30.9 Å². The largest absolute Gasteiger partial charge is 0.380 e. The van der Waals surface area contributed by atoms with E-state index in [0.717, 1.165) is 11.1 Å². The fourth-order valence-electron chi connectivity index (χ4n) is 2.25. The third-order valence-corrected chi connectivity index (χ3v) is 3.67. The van der Waals surface area contributed by atoms with Crippen molar-refractivity contribution in [2.24, 2.45) is 0 Å². The number of nitrogens with zero attached hydrogens (tertiary/aromatic N) is 1. The van der Waals surface area contributed by atoms with Gasteiger partial charge in [-0.1, -0.05) is 24.3 Å². The number of benzene rings is 2. The summed E-state index contributed by atoms with van der Waals surface area (Å²) in [6.07, 6.45) is 0. The molecule has 0 saturated heterocycles. The molecule has 0 fully saturated rings. The van der Waals surface area contributed by atoms with Gasteiger partial charge in [0.1, 0.15) is 0 Å². The molecule has 0 saturated carbocycles. The summed E-state index contributed by atoms with van der Waals surface area (Å²) in [7, 11) is 3.38. The van der Waals surface area contributed by atoms with Gasteiger partial charge in [0.2, 0.25) is 5.91 Å². The van der Waals surface area contributed by atoms with Crippen molar-refractivity contribution in [1.82, 2.24) is 4.90 Å². The van der Waals surface area contributed by atoms with E-state index in [1.54, 1.807) is 31.2 Å². The van der Waals surface area contributed by atoms with Gasteiger partial charge < -0.3 is 15.0 Å². The minimum absolute atomic E-state index is 0.000544. The number of hydrogen-bond donors (Lipinski definition) is 1. The Labute approximate surface area is 142 Å². The summed E-state index contributed by atoms with van der Waals surface area (Å²) in [6, 6.07) is 14.8. The molecule has 0 aliphatic carbocycles. The van der Waals surface area contributed by atoms with E-state index in [-0.39, 0.29) is 11.8 Å². The Kier molecular flexibility index (Phi) is 6.09. The first-order valence-corrected chi connectivity index (χ1v) is 7.69. The van der Waals surface area contributed by atoms with Crippen molar-refractivity contribution in [2.75, 3.05) is 19.5 Å². The van der Waals surface area contributed by atoms with Gasteiger partial charge in [0.15, 0.2) is 0 Å². The topological polar surface area (TPSA) is 58.6 Å². The summed E-state index contributed by atoms with van der Waals surface area (Å²) in [5.41, 5.74) is 3.26. The lowest BCUT2D eigenvalue weighted by atomic mass is 10.1. The van der Waals surface area contributed by atoms with Crippen LogP contribution in [0.15, 0.2) is 48.5 Å². The molecule has 2 aromatic rings. The first-order chi connectivity index (χ1) is 11.5. The van der Waals surface area contributed by atoms with Gasteiger partial charge in [0, 0.05) is 38.9 Å². The minimum atomic E-state index is -0.170. The maximum absolute atomic E-state index is 12.3. The molecule has 2 amide bonds. The highest BCUT2D eigenvalue weighted by atomic mass is 16.5. The quantitative estimate of drug-likeness (QED) is 0.887. The van der Waals surface area contributed by atoms with Crippen LogP contribution in [0.3, 0.4) is 0 Å². The smallest absolute Gasteiger partial charge is 0.255 e. The average molecular weight is 326 g/mol. The molecule has 2 aromatic carbocycles. The van der Waals surface area contributed by atoms with E-state index in [4.69, 9.17) is 4.74 Å². The summed E-state index contributed by atoms with van der Waals surface area (Å²) >= 11 is 0. The normalized spacial score (nSPS) is 10.3. The summed E-state index contributed by atoms with van der Waals surface area (Å²) < 4.78 is 5.06. The number of nitrogens with one attached hydrogen (secondary N) is 1. The zero-order chi connectivity index (χ0) is 17.5. The van der Waals surface area contributed by atoms with Crippen molar-refractivity contribution in [3.63, 3.8) is 0 Å². The van der Waals surface area contributed by atoms with Gasteiger partial charge in [0.25, 0.3) is 5.91 Å². The number of carbonyl (C=O) groups excluding carboxylic acids is 2. The van der Waals surface area contributed by atoms with E-state index < -0.39 is 0 Å². The van der Waals surface area contributed by atoms with Crippen molar-refractivity contribution in [3.05, 3.63) is 65.2 Å². The number of hydrogen-bond acceptors (Lipinski definition) is 3. The van der Waals surface area contributed by atoms with E-state index in [1.807, 2.05) is 36.4 Å². The molecule has 1 N–H and O–H groups in total. The Morgan fingerprint density at radius 1 is 1.08 bits per heavy atom. The second kappa shape index (κ2) is 8.26. The zero-order valence-corrected chi connectivity index (χ0v) is 14.2. The fraction of sp³-hybridized carbons (Fsp3) is 0.263. The van der Waals surface area contributed by atoms with Crippen LogP contribution in [0.5, 0.6) is 0 Å².